The van der Waals surface area contributed by atoms with Crippen LogP contribution in [0.25, 0.3) is 11.0 Å². The molecule has 4 rings (SSSR count). The number of amides is 1. The number of furan rings is 1. The highest BCUT2D eigenvalue weighted by atomic mass is 16.3. The fraction of sp³-hybridized carbons (Fsp3) is 0.526. The van der Waals surface area contributed by atoms with E-state index in [-0.39, 0.29) is 5.91 Å². The quantitative estimate of drug-likeness (QED) is 0.811. The summed E-state index contributed by atoms with van der Waals surface area (Å²) in [7, 11) is 0. The summed E-state index contributed by atoms with van der Waals surface area (Å²) in [5.41, 5.74) is 4.17. The first-order valence-electron chi connectivity index (χ1n) is 8.59. The zero-order chi connectivity index (χ0) is 16.1. The summed E-state index contributed by atoms with van der Waals surface area (Å²) in [4.78, 5) is 17.5. The minimum Gasteiger partial charge on any atom is -0.450 e. The van der Waals surface area contributed by atoms with E-state index in [9.17, 15) is 4.79 Å². The second kappa shape index (κ2) is 5.38. The van der Waals surface area contributed by atoms with E-state index in [0.29, 0.717) is 11.8 Å². The van der Waals surface area contributed by atoms with Crippen LogP contribution in [0.1, 0.15) is 40.1 Å². The molecule has 23 heavy (non-hydrogen) atoms. The van der Waals surface area contributed by atoms with Crippen LogP contribution in [-0.4, -0.2) is 47.9 Å². The molecule has 2 fully saturated rings. The number of carbonyl (C=O) groups excluding carboxylic acids is 1. The van der Waals surface area contributed by atoms with Crippen molar-refractivity contribution in [1.29, 1.82) is 0 Å². The number of nitrogens with zero attached hydrogens (tertiary/aromatic N) is 2. The van der Waals surface area contributed by atoms with E-state index in [0.717, 1.165) is 41.7 Å². The van der Waals surface area contributed by atoms with Crippen LogP contribution in [0.4, 0.5) is 0 Å². The Kier molecular flexibility index (Phi) is 3.45. The van der Waals surface area contributed by atoms with E-state index < -0.39 is 0 Å². The first-order valence-corrected chi connectivity index (χ1v) is 8.59. The molecule has 0 N–H and O–H groups in total. The summed E-state index contributed by atoms with van der Waals surface area (Å²) < 4.78 is 6.03. The van der Waals surface area contributed by atoms with E-state index in [2.05, 4.69) is 30.9 Å². The summed E-state index contributed by atoms with van der Waals surface area (Å²) in [6.45, 7) is 9.97. The zero-order valence-corrected chi connectivity index (χ0v) is 14.2. The Morgan fingerprint density at radius 1 is 1.13 bits per heavy atom. The Bertz CT molecular complexity index is 777. The second-order valence-electron chi connectivity index (χ2n) is 7.02. The molecule has 122 valence electrons. The maximum Gasteiger partial charge on any atom is 0.289 e. The topological polar surface area (TPSA) is 36.7 Å². The Balaban J connectivity index is 1.67. The number of carbonyl (C=O) groups is 1. The number of benzene rings is 1. The molecule has 1 aromatic carbocycles. The summed E-state index contributed by atoms with van der Waals surface area (Å²) in [5, 5.41) is 1.07. The molecule has 2 aliphatic heterocycles. The van der Waals surface area contributed by atoms with Gasteiger partial charge < -0.3 is 9.32 Å². The minimum absolute atomic E-state index is 0.0577. The van der Waals surface area contributed by atoms with E-state index in [4.69, 9.17) is 4.42 Å². The third kappa shape index (κ3) is 2.27. The highest BCUT2D eigenvalue weighted by Gasteiger charge is 2.34. The van der Waals surface area contributed by atoms with Crippen molar-refractivity contribution < 1.29 is 9.21 Å². The summed E-state index contributed by atoms with van der Waals surface area (Å²) in [6.07, 6.45) is 2.47. The van der Waals surface area contributed by atoms with Gasteiger partial charge in [0.1, 0.15) is 5.58 Å². The van der Waals surface area contributed by atoms with Gasteiger partial charge in [0.2, 0.25) is 0 Å². The van der Waals surface area contributed by atoms with Gasteiger partial charge in [-0.15, -0.1) is 0 Å². The van der Waals surface area contributed by atoms with Crippen molar-refractivity contribution in [2.24, 2.45) is 0 Å². The molecule has 4 heteroatoms. The zero-order valence-electron chi connectivity index (χ0n) is 14.2. The van der Waals surface area contributed by atoms with E-state index in [1.54, 1.807) is 0 Å². The molecule has 0 radical (unpaired) electrons. The van der Waals surface area contributed by atoms with Gasteiger partial charge in [-0.25, -0.2) is 0 Å². The van der Waals surface area contributed by atoms with Crippen molar-refractivity contribution >= 4 is 16.9 Å². The Labute approximate surface area is 137 Å². The summed E-state index contributed by atoms with van der Waals surface area (Å²) in [6, 6.07) is 4.72. The van der Waals surface area contributed by atoms with Crippen molar-refractivity contribution in [3.63, 3.8) is 0 Å². The molecular weight excluding hydrogens is 288 g/mol. The second-order valence-corrected chi connectivity index (χ2v) is 7.02. The molecule has 0 unspecified atom stereocenters. The number of rotatable bonds is 1. The normalized spacial score (nSPS) is 21.9. The lowest BCUT2D eigenvalue weighted by Crippen LogP contribution is -2.52. The maximum absolute atomic E-state index is 13.0. The van der Waals surface area contributed by atoms with Gasteiger partial charge in [0, 0.05) is 36.6 Å². The maximum atomic E-state index is 13.0. The molecule has 4 nitrogen and oxygen atoms in total. The van der Waals surface area contributed by atoms with E-state index in [1.165, 1.54) is 24.9 Å². The highest BCUT2D eigenvalue weighted by Crippen LogP contribution is 2.31. The number of hydrogen-bond acceptors (Lipinski definition) is 3. The third-order valence-corrected chi connectivity index (χ3v) is 5.69. The molecule has 0 saturated carbocycles. The van der Waals surface area contributed by atoms with Gasteiger partial charge >= 0.3 is 0 Å². The Morgan fingerprint density at radius 3 is 2.78 bits per heavy atom. The molecule has 0 spiro atoms. The van der Waals surface area contributed by atoms with Crippen molar-refractivity contribution in [3.05, 3.63) is 34.6 Å². The van der Waals surface area contributed by atoms with Crippen molar-refractivity contribution in [1.82, 2.24) is 9.80 Å². The molecule has 1 aromatic heterocycles. The predicted octanol–water partition coefficient (Wildman–Crippen LogP) is 3.28. The molecule has 1 atom stereocenters. The predicted molar refractivity (Wildman–Crippen MR) is 90.9 cm³/mol. The largest absolute Gasteiger partial charge is 0.450 e. The average Bonchev–Trinajstić information content (AvgIpc) is 3.14. The fourth-order valence-electron chi connectivity index (χ4n) is 4.04. The standard InChI is InChI=1S/C19H24N2O2/c1-12-6-7-16-14(3)18(23-17(16)13(12)2)19(22)21-10-9-20-8-4-5-15(20)11-21/h6-7,15H,4-5,8-11H2,1-3H3/t15-/m0/s1. The van der Waals surface area contributed by atoms with Crippen LogP contribution in [0.15, 0.2) is 16.5 Å². The third-order valence-electron chi connectivity index (χ3n) is 5.69. The van der Waals surface area contributed by atoms with Gasteiger partial charge in [0.15, 0.2) is 5.76 Å². The van der Waals surface area contributed by atoms with Gasteiger partial charge in [-0.2, -0.15) is 0 Å². The summed E-state index contributed by atoms with van der Waals surface area (Å²) >= 11 is 0. The number of hydrogen-bond donors (Lipinski definition) is 0. The van der Waals surface area contributed by atoms with Crippen molar-refractivity contribution in [3.8, 4) is 0 Å². The molecule has 0 aliphatic carbocycles. The Morgan fingerprint density at radius 2 is 1.96 bits per heavy atom. The monoisotopic (exact) mass is 312 g/mol. The summed E-state index contributed by atoms with van der Waals surface area (Å²) in [5.74, 6) is 0.586. The molecule has 0 bridgehead atoms. The smallest absolute Gasteiger partial charge is 0.289 e. The highest BCUT2D eigenvalue weighted by molar-refractivity contribution is 5.99. The molecule has 2 aliphatic rings. The lowest BCUT2D eigenvalue weighted by molar-refractivity contribution is 0.0543. The van der Waals surface area contributed by atoms with Gasteiger partial charge in [-0.3, -0.25) is 9.69 Å². The lowest BCUT2D eigenvalue weighted by atomic mass is 10.0. The first kappa shape index (κ1) is 14.8. The number of piperazine rings is 1. The Hall–Kier alpha value is -1.81. The van der Waals surface area contributed by atoms with Crippen LogP contribution in [0.3, 0.4) is 0 Å². The minimum atomic E-state index is 0.0577. The van der Waals surface area contributed by atoms with Gasteiger partial charge in [0.05, 0.1) is 0 Å². The first-order chi connectivity index (χ1) is 11.1. The van der Waals surface area contributed by atoms with Gasteiger partial charge in [-0.05, 0) is 51.3 Å². The van der Waals surface area contributed by atoms with Crippen molar-refractivity contribution in [2.75, 3.05) is 26.2 Å². The number of fused-ring (bicyclic) bond motifs is 2. The van der Waals surface area contributed by atoms with E-state index >= 15 is 0 Å². The SMILES string of the molecule is Cc1ccc2c(C)c(C(=O)N3CCN4CCC[C@H]4C3)oc2c1C. The van der Waals surface area contributed by atoms with Crippen LogP contribution in [0.5, 0.6) is 0 Å². The van der Waals surface area contributed by atoms with Crippen LogP contribution >= 0.6 is 0 Å². The van der Waals surface area contributed by atoms with Crippen LogP contribution in [0, 0.1) is 20.8 Å². The molecular formula is C19H24N2O2. The molecule has 1 amide bonds. The number of aryl methyl sites for hydroxylation is 3. The van der Waals surface area contributed by atoms with Crippen LogP contribution < -0.4 is 0 Å². The lowest BCUT2D eigenvalue weighted by Gasteiger charge is -2.37. The van der Waals surface area contributed by atoms with Gasteiger partial charge in [-0.1, -0.05) is 12.1 Å². The van der Waals surface area contributed by atoms with Crippen molar-refractivity contribution in [2.45, 2.75) is 39.7 Å². The molecule has 2 saturated heterocycles. The van der Waals surface area contributed by atoms with Crippen LogP contribution in [-0.2, 0) is 0 Å². The fourth-order valence-corrected chi connectivity index (χ4v) is 4.04. The van der Waals surface area contributed by atoms with Crippen LogP contribution in [0.2, 0.25) is 0 Å². The van der Waals surface area contributed by atoms with E-state index in [1.807, 2.05) is 11.8 Å². The molecule has 3 heterocycles. The molecule has 2 aromatic rings. The van der Waals surface area contributed by atoms with Gasteiger partial charge in [0.25, 0.3) is 5.91 Å². The average molecular weight is 312 g/mol.